The van der Waals surface area contributed by atoms with E-state index in [1.807, 2.05) is 0 Å². The molecule has 1 fully saturated rings. The molecule has 0 aliphatic carbocycles. The summed E-state index contributed by atoms with van der Waals surface area (Å²) in [5, 5.41) is 3.46. The van der Waals surface area contributed by atoms with Crippen molar-refractivity contribution in [3.05, 3.63) is 29.3 Å². The molecule has 1 N–H and O–H groups in total. The lowest BCUT2D eigenvalue weighted by atomic mass is 9.97. The van der Waals surface area contributed by atoms with Gasteiger partial charge in [-0.1, -0.05) is 17.7 Å². The van der Waals surface area contributed by atoms with Gasteiger partial charge in [-0.3, -0.25) is 0 Å². The van der Waals surface area contributed by atoms with Crippen LogP contribution in [0.2, 0.25) is 0 Å². The molecule has 2 rings (SSSR count). The standard InChI is InChI=1S/C14H22N2/c1-11-5-6-13(12(2)9-11)16-8-7-15-10-14(16,3)4/h5-6,9,15H,7-8,10H2,1-4H3. The third kappa shape index (κ3) is 2.07. The van der Waals surface area contributed by atoms with Crippen LogP contribution in [0, 0.1) is 13.8 Å². The molecular formula is C14H22N2. The summed E-state index contributed by atoms with van der Waals surface area (Å²) >= 11 is 0. The Kier molecular flexibility index (Phi) is 2.94. The fraction of sp³-hybridized carbons (Fsp3) is 0.571. The van der Waals surface area contributed by atoms with Crippen LogP contribution in [0.4, 0.5) is 5.69 Å². The molecule has 0 bridgehead atoms. The lowest BCUT2D eigenvalue weighted by molar-refractivity contribution is 0.380. The van der Waals surface area contributed by atoms with Gasteiger partial charge in [0.1, 0.15) is 0 Å². The molecule has 0 atom stereocenters. The van der Waals surface area contributed by atoms with Gasteiger partial charge in [0.2, 0.25) is 0 Å². The highest BCUT2D eigenvalue weighted by Gasteiger charge is 2.30. The van der Waals surface area contributed by atoms with Crippen molar-refractivity contribution >= 4 is 5.69 Å². The predicted molar refractivity (Wildman–Crippen MR) is 70.2 cm³/mol. The second kappa shape index (κ2) is 4.10. The molecule has 0 aromatic heterocycles. The average molecular weight is 218 g/mol. The smallest absolute Gasteiger partial charge is 0.0470 e. The molecule has 1 aliphatic rings. The third-order valence-corrected chi connectivity index (χ3v) is 3.44. The Balaban J connectivity index is 2.35. The lowest BCUT2D eigenvalue weighted by Crippen LogP contribution is -2.58. The van der Waals surface area contributed by atoms with E-state index in [4.69, 9.17) is 0 Å². The highest BCUT2D eigenvalue weighted by Crippen LogP contribution is 2.28. The maximum absolute atomic E-state index is 3.46. The van der Waals surface area contributed by atoms with Gasteiger partial charge in [-0.05, 0) is 39.3 Å². The van der Waals surface area contributed by atoms with Gasteiger partial charge in [0.05, 0.1) is 0 Å². The Morgan fingerprint density at radius 3 is 2.62 bits per heavy atom. The normalized spacial score (nSPS) is 19.9. The first kappa shape index (κ1) is 11.5. The highest BCUT2D eigenvalue weighted by molar-refractivity contribution is 5.56. The molecule has 0 spiro atoms. The molecule has 1 heterocycles. The zero-order chi connectivity index (χ0) is 11.8. The zero-order valence-corrected chi connectivity index (χ0v) is 10.8. The van der Waals surface area contributed by atoms with Crippen LogP contribution in [0.1, 0.15) is 25.0 Å². The lowest BCUT2D eigenvalue weighted by Gasteiger charge is -2.45. The monoisotopic (exact) mass is 218 g/mol. The van der Waals surface area contributed by atoms with Crippen molar-refractivity contribution in [2.45, 2.75) is 33.2 Å². The van der Waals surface area contributed by atoms with Crippen molar-refractivity contribution in [2.75, 3.05) is 24.5 Å². The Bertz CT molecular complexity index is 382. The summed E-state index contributed by atoms with van der Waals surface area (Å²) < 4.78 is 0. The van der Waals surface area contributed by atoms with E-state index in [2.05, 4.69) is 56.1 Å². The van der Waals surface area contributed by atoms with Crippen LogP contribution in [0.3, 0.4) is 0 Å². The minimum absolute atomic E-state index is 0.207. The van der Waals surface area contributed by atoms with Crippen LogP contribution in [0.5, 0.6) is 0 Å². The fourth-order valence-electron chi connectivity index (χ4n) is 2.54. The molecule has 0 radical (unpaired) electrons. The summed E-state index contributed by atoms with van der Waals surface area (Å²) in [4.78, 5) is 2.53. The number of benzene rings is 1. The number of hydrogen-bond acceptors (Lipinski definition) is 2. The third-order valence-electron chi connectivity index (χ3n) is 3.44. The average Bonchev–Trinajstić information content (AvgIpc) is 2.19. The van der Waals surface area contributed by atoms with E-state index in [1.165, 1.54) is 16.8 Å². The molecular weight excluding hydrogens is 196 g/mol. The van der Waals surface area contributed by atoms with Crippen molar-refractivity contribution in [1.29, 1.82) is 0 Å². The summed E-state index contributed by atoms with van der Waals surface area (Å²) in [6, 6.07) is 6.74. The molecule has 0 amide bonds. The maximum Gasteiger partial charge on any atom is 0.0470 e. The van der Waals surface area contributed by atoms with Crippen LogP contribution >= 0.6 is 0 Å². The molecule has 1 aromatic rings. The Morgan fingerprint density at radius 1 is 1.25 bits per heavy atom. The Labute approximate surface area is 98.7 Å². The number of piperazine rings is 1. The predicted octanol–water partition coefficient (Wildman–Crippen LogP) is 2.49. The van der Waals surface area contributed by atoms with Gasteiger partial charge in [0.15, 0.2) is 0 Å². The van der Waals surface area contributed by atoms with Crippen LogP contribution in [0.15, 0.2) is 18.2 Å². The number of nitrogens with zero attached hydrogens (tertiary/aromatic N) is 1. The Hall–Kier alpha value is -1.02. The quantitative estimate of drug-likeness (QED) is 0.779. The first-order valence-corrected chi connectivity index (χ1v) is 6.06. The minimum atomic E-state index is 0.207. The zero-order valence-electron chi connectivity index (χ0n) is 10.8. The molecule has 2 nitrogen and oxygen atoms in total. The van der Waals surface area contributed by atoms with Gasteiger partial charge in [-0.25, -0.2) is 0 Å². The fourth-order valence-corrected chi connectivity index (χ4v) is 2.54. The SMILES string of the molecule is Cc1ccc(N2CCNCC2(C)C)c(C)c1. The number of hydrogen-bond donors (Lipinski definition) is 1. The maximum atomic E-state index is 3.46. The van der Waals surface area contributed by atoms with Crippen molar-refractivity contribution < 1.29 is 0 Å². The van der Waals surface area contributed by atoms with E-state index >= 15 is 0 Å². The second-order valence-electron chi connectivity index (χ2n) is 5.43. The molecule has 0 saturated carbocycles. The number of nitrogens with one attached hydrogen (secondary N) is 1. The summed E-state index contributed by atoms with van der Waals surface area (Å²) in [6.45, 7) is 12.2. The number of rotatable bonds is 1. The van der Waals surface area contributed by atoms with Gasteiger partial charge >= 0.3 is 0 Å². The topological polar surface area (TPSA) is 15.3 Å². The summed E-state index contributed by atoms with van der Waals surface area (Å²) in [6.07, 6.45) is 0. The number of aryl methyl sites for hydroxylation is 2. The Morgan fingerprint density at radius 2 is 2.00 bits per heavy atom. The molecule has 1 aliphatic heterocycles. The van der Waals surface area contributed by atoms with Gasteiger partial charge in [0.25, 0.3) is 0 Å². The van der Waals surface area contributed by atoms with E-state index in [1.54, 1.807) is 0 Å². The van der Waals surface area contributed by atoms with Crippen molar-refractivity contribution in [1.82, 2.24) is 5.32 Å². The summed E-state index contributed by atoms with van der Waals surface area (Å²) in [5.41, 5.74) is 4.32. The van der Waals surface area contributed by atoms with Gasteiger partial charge in [0, 0.05) is 30.9 Å². The van der Waals surface area contributed by atoms with Crippen molar-refractivity contribution in [3.63, 3.8) is 0 Å². The van der Waals surface area contributed by atoms with Crippen LogP contribution in [-0.2, 0) is 0 Å². The van der Waals surface area contributed by atoms with Crippen molar-refractivity contribution in [3.8, 4) is 0 Å². The molecule has 1 saturated heterocycles. The van der Waals surface area contributed by atoms with Gasteiger partial charge < -0.3 is 10.2 Å². The molecule has 16 heavy (non-hydrogen) atoms. The first-order chi connectivity index (χ1) is 7.50. The van der Waals surface area contributed by atoms with E-state index < -0.39 is 0 Å². The summed E-state index contributed by atoms with van der Waals surface area (Å²) in [7, 11) is 0. The molecule has 88 valence electrons. The molecule has 0 unspecified atom stereocenters. The second-order valence-corrected chi connectivity index (χ2v) is 5.43. The van der Waals surface area contributed by atoms with E-state index in [0.717, 1.165) is 19.6 Å². The highest BCUT2D eigenvalue weighted by atomic mass is 15.3. The van der Waals surface area contributed by atoms with E-state index in [0.29, 0.717) is 0 Å². The molecule has 1 aromatic carbocycles. The summed E-state index contributed by atoms with van der Waals surface area (Å²) in [5.74, 6) is 0. The van der Waals surface area contributed by atoms with Crippen LogP contribution in [-0.4, -0.2) is 25.2 Å². The number of anilines is 1. The van der Waals surface area contributed by atoms with Crippen LogP contribution < -0.4 is 10.2 Å². The van der Waals surface area contributed by atoms with E-state index in [-0.39, 0.29) is 5.54 Å². The minimum Gasteiger partial charge on any atom is -0.364 e. The van der Waals surface area contributed by atoms with Crippen molar-refractivity contribution in [2.24, 2.45) is 0 Å². The molecule has 2 heteroatoms. The van der Waals surface area contributed by atoms with Gasteiger partial charge in [-0.2, -0.15) is 0 Å². The van der Waals surface area contributed by atoms with E-state index in [9.17, 15) is 0 Å². The van der Waals surface area contributed by atoms with Crippen LogP contribution in [0.25, 0.3) is 0 Å². The van der Waals surface area contributed by atoms with Gasteiger partial charge in [-0.15, -0.1) is 0 Å². The first-order valence-electron chi connectivity index (χ1n) is 6.06. The largest absolute Gasteiger partial charge is 0.364 e.